The van der Waals surface area contributed by atoms with Gasteiger partial charge in [0.2, 0.25) is 5.91 Å². The lowest BCUT2D eigenvalue weighted by molar-refractivity contribution is -0.130. The standard InChI is InChI=1S/C23H29N3O2.ClH/c1-2-28-18-12-10-17(11-13-18)21-9-5-15-26(21)23(27)16-25-14-4-6-19-20(24)7-3-8-22(19)25;/h3,7-8,10-13,21H,2,4-6,9,14-16,24H2,1H3;1H. The molecule has 0 spiro atoms. The fourth-order valence-electron chi connectivity index (χ4n) is 4.51. The molecule has 1 fully saturated rings. The summed E-state index contributed by atoms with van der Waals surface area (Å²) in [6.07, 6.45) is 4.10. The predicted molar refractivity (Wildman–Crippen MR) is 120 cm³/mol. The first-order valence-corrected chi connectivity index (χ1v) is 10.3. The van der Waals surface area contributed by atoms with Crippen molar-refractivity contribution in [1.82, 2.24) is 4.90 Å². The van der Waals surface area contributed by atoms with E-state index in [1.165, 1.54) is 11.1 Å². The van der Waals surface area contributed by atoms with Crippen molar-refractivity contribution in [2.75, 3.05) is 36.9 Å². The molecule has 2 aromatic carbocycles. The minimum Gasteiger partial charge on any atom is -0.494 e. The first-order chi connectivity index (χ1) is 13.7. The van der Waals surface area contributed by atoms with E-state index in [-0.39, 0.29) is 24.4 Å². The molecular weight excluding hydrogens is 386 g/mol. The maximum Gasteiger partial charge on any atom is 0.242 e. The second-order valence-electron chi connectivity index (χ2n) is 7.62. The van der Waals surface area contributed by atoms with Crippen LogP contribution in [0.25, 0.3) is 0 Å². The minimum atomic E-state index is 0. The lowest BCUT2D eigenvalue weighted by Crippen LogP contribution is -2.42. The van der Waals surface area contributed by atoms with Crippen LogP contribution in [0.4, 0.5) is 11.4 Å². The molecule has 2 N–H and O–H groups in total. The summed E-state index contributed by atoms with van der Waals surface area (Å²) in [7, 11) is 0. The molecule has 5 nitrogen and oxygen atoms in total. The highest BCUT2D eigenvalue weighted by molar-refractivity contribution is 5.85. The summed E-state index contributed by atoms with van der Waals surface area (Å²) < 4.78 is 5.54. The van der Waals surface area contributed by atoms with Gasteiger partial charge in [-0.15, -0.1) is 12.4 Å². The van der Waals surface area contributed by atoms with Crippen LogP contribution in [-0.2, 0) is 11.2 Å². The van der Waals surface area contributed by atoms with Crippen molar-refractivity contribution in [1.29, 1.82) is 0 Å². The van der Waals surface area contributed by atoms with Gasteiger partial charge in [-0.05, 0) is 68.0 Å². The first kappa shape index (κ1) is 21.3. The number of halogens is 1. The fraction of sp³-hybridized carbons (Fsp3) is 0.435. The van der Waals surface area contributed by atoms with Gasteiger partial charge in [0, 0.05) is 24.5 Å². The largest absolute Gasteiger partial charge is 0.494 e. The number of benzene rings is 2. The van der Waals surface area contributed by atoms with Gasteiger partial charge in [-0.3, -0.25) is 4.79 Å². The van der Waals surface area contributed by atoms with E-state index in [0.717, 1.165) is 55.9 Å². The minimum absolute atomic E-state index is 0. The number of hydrogen-bond donors (Lipinski definition) is 1. The van der Waals surface area contributed by atoms with E-state index in [0.29, 0.717) is 13.2 Å². The number of anilines is 2. The van der Waals surface area contributed by atoms with Crippen molar-refractivity contribution in [2.45, 2.75) is 38.6 Å². The number of fused-ring (bicyclic) bond motifs is 1. The Bertz CT molecular complexity index is 841. The molecule has 2 aliphatic rings. The zero-order valence-corrected chi connectivity index (χ0v) is 17.8. The third-order valence-electron chi connectivity index (χ3n) is 5.86. The molecule has 2 aliphatic heterocycles. The van der Waals surface area contributed by atoms with Crippen LogP contribution in [0.1, 0.15) is 43.4 Å². The van der Waals surface area contributed by atoms with Crippen LogP contribution in [0.5, 0.6) is 5.75 Å². The van der Waals surface area contributed by atoms with Gasteiger partial charge in [0.1, 0.15) is 5.75 Å². The molecule has 6 heteroatoms. The van der Waals surface area contributed by atoms with Crippen LogP contribution in [-0.4, -0.2) is 37.0 Å². The Kier molecular flexibility index (Phi) is 6.91. The molecule has 1 saturated heterocycles. The van der Waals surface area contributed by atoms with Gasteiger partial charge in [-0.2, -0.15) is 0 Å². The monoisotopic (exact) mass is 415 g/mol. The van der Waals surface area contributed by atoms with Crippen LogP contribution >= 0.6 is 12.4 Å². The summed E-state index contributed by atoms with van der Waals surface area (Å²) in [6.45, 7) is 4.80. The molecule has 1 atom stereocenters. The van der Waals surface area contributed by atoms with Crippen LogP contribution in [0.3, 0.4) is 0 Å². The smallest absolute Gasteiger partial charge is 0.242 e. The second kappa shape index (κ2) is 9.40. The number of carbonyl (C=O) groups excluding carboxylic acids is 1. The van der Waals surface area contributed by atoms with Gasteiger partial charge < -0.3 is 20.3 Å². The molecule has 2 heterocycles. The summed E-state index contributed by atoms with van der Waals surface area (Å²) in [6, 6.07) is 14.4. The SMILES string of the molecule is CCOc1ccc(C2CCCN2C(=O)CN2CCCc3c(N)cccc32)cc1.Cl. The van der Waals surface area contributed by atoms with Crippen molar-refractivity contribution in [2.24, 2.45) is 0 Å². The second-order valence-corrected chi connectivity index (χ2v) is 7.62. The van der Waals surface area contributed by atoms with Crippen molar-refractivity contribution in [3.63, 3.8) is 0 Å². The summed E-state index contributed by atoms with van der Waals surface area (Å²) >= 11 is 0. The van der Waals surface area contributed by atoms with E-state index < -0.39 is 0 Å². The zero-order chi connectivity index (χ0) is 19.5. The Hall–Kier alpha value is -2.40. The van der Waals surface area contributed by atoms with E-state index in [1.807, 2.05) is 31.2 Å². The van der Waals surface area contributed by atoms with Gasteiger partial charge in [0.25, 0.3) is 0 Å². The maximum atomic E-state index is 13.2. The van der Waals surface area contributed by atoms with E-state index in [1.54, 1.807) is 0 Å². The normalized spacial score (nSPS) is 18.2. The third-order valence-corrected chi connectivity index (χ3v) is 5.86. The van der Waals surface area contributed by atoms with E-state index in [4.69, 9.17) is 10.5 Å². The van der Waals surface area contributed by atoms with Crippen molar-refractivity contribution in [3.05, 3.63) is 53.6 Å². The fourth-order valence-corrected chi connectivity index (χ4v) is 4.51. The third kappa shape index (κ3) is 4.45. The van der Waals surface area contributed by atoms with Gasteiger partial charge in [-0.1, -0.05) is 18.2 Å². The molecule has 0 radical (unpaired) electrons. The number of nitrogens with zero attached hydrogens (tertiary/aromatic N) is 2. The van der Waals surface area contributed by atoms with Crippen LogP contribution in [0.2, 0.25) is 0 Å². The molecule has 0 aromatic heterocycles. The lowest BCUT2D eigenvalue weighted by atomic mass is 10.00. The number of nitrogen functional groups attached to an aromatic ring is 1. The number of amides is 1. The summed E-state index contributed by atoms with van der Waals surface area (Å²) in [4.78, 5) is 17.4. The topological polar surface area (TPSA) is 58.8 Å². The van der Waals surface area contributed by atoms with Gasteiger partial charge in [0.05, 0.1) is 19.2 Å². The highest BCUT2D eigenvalue weighted by atomic mass is 35.5. The van der Waals surface area contributed by atoms with Gasteiger partial charge in [-0.25, -0.2) is 0 Å². The Morgan fingerprint density at radius 1 is 1.14 bits per heavy atom. The first-order valence-electron chi connectivity index (χ1n) is 10.3. The Morgan fingerprint density at radius 2 is 1.93 bits per heavy atom. The Balaban J connectivity index is 0.00000240. The number of nitrogens with two attached hydrogens (primary N) is 1. The van der Waals surface area contributed by atoms with Crippen LogP contribution in [0, 0.1) is 0 Å². The lowest BCUT2D eigenvalue weighted by Gasteiger charge is -2.34. The maximum absolute atomic E-state index is 13.2. The highest BCUT2D eigenvalue weighted by Gasteiger charge is 2.31. The number of hydrogen-bond acceptors (Lipinski definition) is 4. The molecule has 1 unspecified atom stereocenters. The summed E-state index contributed by atoms with van der Waals surface area (Å²) in [5, 5.41) is 0. The van der Waals surface area contributed by atoms with Crippen molar-refractivity contribution < 1.29 is 9.53 Å². The molecule has 4 rings (SSSR count). The van der Waals surface area contributed by atoms with Crippen molar-refractivity contribution in [3.8, 4) is 5.75 Å². The molecule has 156 valence electrons. The average molecular weight is 416 g/mol. The van der Waals surface area contributed by atoms with Crippen molar-refractivity contribution >= 4 is 29.7 Å². The number of likely N-dealkylation sites (tertiary alicyclic amines) is 1. The van der Waals surface area contributed by atoms with Gasteiger partial charge >= 0.3 is 0 Å². The predicted octanol–water partition coefficient (Wildman–Crippen LogP) is 4.21. The molecular formula is C23H30ClN3O2. The number of rotatable bonds is 5. The van der Waals surface area contributed by atoms with E-state index >= 15 is 0 Å². The number of carbonyl (C=O) groups is 1. The summed E-state index contributed by atoms with van der Waals surface area (Å²) in [5.41, 5.74) is 10.5. The molecule has 0 bridgehead atoms. The zero-order valence-electron chi connectivity index (χ0n) is 17.0. The average Bonchev–Trinajstić information content (AvgIpc) is 3.20. The van der Waals surface area contributed by atoms with Crippen LogP contribution < -0.4 is 15.4 Å². The molecule has 0 saturated carbocycles. The van der Waals surface area contributed by atoms with E-state index in [2.05, 4.69) is 28.0 Å². The molecule has 0 aliphatic carbocycles. The summed E-state index contributed by atoms with van der Waals surface area (Å²) in [5.74, 6) is 1.08. The number of ether oxygens (including phenoxy) is 1. The molecule has 2 aromatic rings. The Labute approximate surface area is 179 Å². The quantitative estimate of drug-likeness (QED) is 0.743. The molecule has 29 heavy (non-hydrogen) atoms. The van der Waals surface area contributed by atoms with Gasteiger partial charge in [0.15, 0.2) is 0 Å². The Morgan fingerprint density at radius 3 is 2.69 bits per heavy atom. The van der Waals surface area contributed by atoms with Crippen LogP contribution in [0.15, 0.2) is 42.5 Å². The highest BCUT2D eigenvalue weighted by Crippen LogP contribution is 2.35. The van der Waals surface area contributed by atoms with E-state index in [9.17, 15) is 4.79 Å². The molecule has 1 amide bonds.